The number of hydrogen-bond donors (Lipinski definition) is 1. The van der Waals surface area contributed by atoms with E-state index in [1.165, 1.54) is 24.9 Å². The van der Waals surface area contributed by atoms with Gasteiger partial charge >= 0.3 is 0 Å². The third-order valence-corrected chi connectivity index (χ3v) is 4.21. The number of rotatable bonds is 8. The van der Waals surface area contributed by atoms with Crippen molar-refractivity contribution in [2.45, 2.75) is 46.1 Å². The minimum absolute atomic E-state index is 0.137. The van der Waals surface area contributed by atoms with E-state index in [0.717, 1.165) is 44.1 Å². The minimum Gasteiger partial charge on any atom is -0.371 e. The van der Waals surface area contributed by atoms with Gasteiger partial charge in [-0.2, -0.15) is 0 Å². The molecule has 0 aliphatic heterocycles. The van der Waals surface area contributed by atoms with Gasteiger partial charge < -0.3 is 10.2 Å². The minimum atomic E-state index is -0.137. The van der Waals surface area contributed by atoms with Gasteiger partial charge in [0.15, 0.2) is 0 Å². The highest BCUT2D eigenvalue weighted by Crippen LogP contribution is 2.30. The van der Waals surface area contributed by atoms with Crippen molar-refractivity contribution in [2.24, 2.45) is 5.92 Å². The summed E-state index contributed by atoms with van der Waals surface area (Å²) in [6.07, 6.45) is 5.17. The first kappa shape index (κ1) is 15.3. The summed E-state index contributed by atoms with van der Waals surface area (Å²) in [6, 6.07) is 5.21. The molecule has 0 aromatic heterocycles. The van der Waals surface area contributed by atoms with Crippen LogP contribution in [0, 0.1) is 11.7 Å². The van der Waals surface area contributed by atoms with Crippen molar-refractivity contribution < 1.29 is 4.39 Å². The van der Waals surface area contributed by atoms with Gasteiger partial charge in [0, 0.05) is 25.3 Å². The van der Waals surface area contributed by atoms with Crippen molar-refractivity contribution in [3.63, 3.8) is 0 Å². The molecule has 0 atom stereocenters. The number of anilines is 1. The Balaban J connectivity index is 2.09. The van der Waals surface area contributed by atoms with Crippen LogP contribution in [0.15, 0.2) is 18.2 Å². The molecule has 1 aromatic rings. The van der Waals surface area contributed by atoms with Crippen LogP contribution < -0.4 is 10.2 Å². The second kappa shape index (κ2) is 7.63. The van der Waals surface area contributed by atoms with E-state index in [-0.39, 0.29) is 5.82 Å². The Morgan fingerprint density at radius 2 is 2.10 bits per heavy atom. The van der Waals surface area contributed by atoms with E-state index in [9.17, 15) is 4.39 Å². The monoisotopic (exact) mass is 278 g/mol. The zero-order valence-corrected chi connectivity index (χ0v) is 12.8. The molecule has 0 saturated heterocycles. The largest absolute Gasteiger partial charge is 0.371 e. The van der Waals surface area contributed by atoms with Gasteiger partial charge in [-0.3, -0.25) is 0 Å². The molecule has 112 valence electrons. The lowest BCUT2D eigenvalue weighted by atomic mass is 9.85. The molecule has 0 spiro atoms. The van der Waals surface area contributed by atoms with Gasteiger partial charge in [0.05, 0.1) is 0 Å². The lowest BCUT2D eigenvalue weighted by molar-refractivity contribution is 0.318. The van der Waals surface area contributed by atoms with Crippen molar-refractivity contribution in [3.05, 3.63) is 29.6 Å². The molecule has 1 aromatic carbocycles. The van der Waals surface area contributed by atoms with Crippen LogP contribution in [0.4, 0.5) is 10.1 Å². The molecule has 0 heterocycles. The molecule has 1 N–H and O–H groups in total. The molecule has 0 radical (unpaired) electrons. The Kier molecular flexibility index (Phi) is 5.84. The predicted octanol–water partition coefficient (Wildman–Crippen LogP) is 3.95. The molecular formula is C17H27FN2. The second-order valence-corrected chi connectivity index (χ2v) is 5.79. The molecule has 0 amide bonds. The van der Waals surface area contributed by atoms with E-state index >= 15 is 0 Å². The molecule has 20 heavy (non-hydrogen) atoms. The van der Waals surface area contributed by atoms with Crippen LogP contribution >= 0.6 is 0 Å². The van der Waals surface area contributed by atoms with Gasteiger partial charge in [-0.1, -0.05) is 13.3 Å². The van der Waals surface area contributed by atoms with Gasteiger partial charge in [0.1, 0.15) is 5.82 Å². The predicted molar refractivity (Wildman–Crippen MR) is 83.6 cm³/mol. The van der Waals surface area contributed by atoms with Crippen LogP contribution in [-0.2, 0) is 6.54 Å². The Morgan fingerprint density at radius 1 is 1.30 bits per heavy atom. The van der Waals surface area contributed by atoms with E-state index < -0.39 is 0 Å². The number of halogens is 1. The standard InChI is InChI=1S/C17H27FN2/c1-3-10-19-12-15-11-16(18)8-9-17(15)20(4-2)13-14-6-5-7-14/h8-9,11,14,19H,3-7,10,12-13H2,1-2H3. The van der Waals surface area contributed by atoms with Gasteiger partial charge in [-0.25, -0.2) is 4.39 Å². The molecule has 3 heteroatoms. The van der Waals surface area contributed by atoms with Crippen LogP contribution in [0.25, 0.3) is 0 Å². The van der Waals surface area contributed by atoms with Crippen molar-refractivity contribution in [2.75, 3.05) is 24.5 Å². The number of nitrogens with one attached hydrogen (secondary N) is 1. The maximum atomic E-state index is 13.5. The highest BCUT2D eigenvalue weighted by Gasteiger charge is 2.21. The van der Waals surface area contributed by atoms with E-state index in [1.54, 1.807) is 12.1 Å². The summed E-state index contributed by atoms with van der Waals surface area (Å²) in [5, 5.41) is 3.39. The molecule has 2 rings (SSSR count). The van der Waals surface area contributed by atoms with Gasteiger partial charge in [0.25, 0.3) is 0 Å². The molecule has 1 aliphatic carbocycles. The van der Waals surface area contributed by atoms with Crippen LogP contribution in [0.3, 0.4) is 0 Å². The fourth-order valence-electron chi connectivity index (χ4n) is 2.79. The first-order valence-electron chi connectivity index (χ1n) is 7.98. The Morgan fingerprint density at radius 3 is 2.70 bits per heavy atom. The van der Waals surface area contributed by atoms with Crippen molar-refractivity contribution >= 4 is 5.69 Å². The summed E-state index contributed by atoms with van der Waals surface area (Å²) in [5.41, 5.74) is 2.28. The number of nitrogens with zero attached hydrogens (tertiary/aromatic N) is 1. The maximum absolute atomic E-state index is 13.5. The second-order valence-electron chi connectivity index (χ2n) is 5.79. The van der Waals surface area contributed by atoms with Crippen LogP contribution in [-0.4, -0.2) is 19.6 Å². The molecule has 0 unspecified atom stereocenters. The average Bonchev–Trinajstić information content (AvgIpc) is 2.39. The van der Waals surface area contributed by atoms with E-state index in [4.69, 9.17) is 0 Å². The molecule has 2 nitrogen and oxygen atoms in total. The van der Waals surface area contributed by atoms with Crippen LogP contribution in [0.1, 0.15) is 45.1 Å². The summed E-state index contributed by atoms with van der Waals surface area (Å²) >= 11 is 0. The normalized spacial score (nSPS) is 15.2. The van der Waals surface area contributed by atoms with Crippen molar-refractivity contribution in [3.8, 4) is 0 Å². The SMILES string of the molecule is CCCNCc1cc(F)ccc1N(CC)CC1CCC1. The average molecular weight is 278 g/mol. The van der Waals surface area contributed by atoms with E-state index in [2.05, 4.69) is 24.1 Å². The van der Waals surface area contributed by atoms with Crippen molar-refractivity contribution in [1.82, 2.24) is 5.32 Å². The summed E-state index contributed by atoms with van der Waals surface area (Å²) < 4.78 is 13.5. The maximum Gasteiger partial charge on any atom is 0.123 e. The fourth-order valence-corrected chi connectivity index (χ4v) is 2.79. The third kappa shape index (κ3) is 3.95. The number of benzene rings is 1. The quantitative estimate of drug-likeness (QED) is 0.724. The molecular weight excluding hydrogens is 251 g/mol. The van der Waals surface area contributed by atoms with Gasteiger partial charge in [-0.15, -0.1) is 0 Å². The first-order chi connectivity index (χ1) is 9.74. The Labute approximate surface area is 122 Å². The zero-order chi connectivity index (χ0) is 14.4. The van der Waals surface area contributed by atoms with Crippen LogP contribution in [0.2, 0.25) is 0 Å². The van der Waals surface area contributed by atoms with Crippen molar-refractivity contribution in [1.29, 1.82) is 0 Å². The highest BCUT2D eigenvalue weighted by atomic mass is 19.1. The Hall–Kier alpha value is -1.09. The topological polar surface area (TPSA) is 15.3 Å². The van der Waals surface area contributed by atoms with Gasteiger partial charge in [-0.05, 0) is 62.4 Å². The van der Waals surface area contributed by atoms with E-state index in [0.29, 0.717) is 0 Å². The highest BCUT2D eigenvalue weighted by molar-refractivity contribution is 5.54. The van der Waals surface area contributed by atoms with Crippen LogP contribution in [0.5, 0.6) is 0 Å². The molecule has 0 bridgehead atoms. The Bertz CT molecular complexity index is 415. The summed E-state index contributed by atoms with van der Waals surface area (Å²) in [5.74, 6) is 0.693. The lowest BCUT2D eigenvalue weighted by Crippen LogP contribution is -2.33. The summed E-state index contributed by atoms with van der Waals surface area (Å²) in [7, 11) is 0. The van der Waals surface area contributed by atoms with Gasteiger partial charge in [0.2, 0.25) is 0 Å². The smallest absolute Gasteiger partial charge is 0.123 e. The molecule has 1 aliphatic rings. The molecule has 1 saturated carbocycles. The lowest BCUT2D eigenvalue weighted by Gasteiger charge is -2.34. The summed E-state index contributed by atoms with van der Waals surface area (Å²) in [6.45, 7) is 8.17. The van der Waals surface area contributed by atoms with E-state index in [1.807, 2.05) is 6.07 Å². The number of hydrogen-bond acceptors (Lipinski definition) is 2. The fraction of sp³-hybridized carbons (Fsp3) is 0.647. The third-order valence-electron chi connectivity index (χ3n) is 4.21. The first-order valence-corrected chi connectivity index (χ1v) is 7.98. The zero-order valence-electron chi connectivity index (χ0n) is 12.8. The molecule has 1 fully saturated rings. The summed E-state index contributed by atoms with van der Waals surface area (Å²) in [4.78, 5) is 2.41.